The van der Waals surface area contributed by atoms with Gasteiger partial charge in [-0.3, -0.25) is 6.42 Å². The molecule has 1 aliphatic rings. The van der Waals surface area contributed by atoms with E-state index in [1.165, 1.54) is 0 Å². The van der Waals surface area contributed by atoms with Gasteiger partial charge in [-0.15, -0.1) is 5.92 Å². The van der Waals surface area contributed by atoms with Gasteiger partial charge in [-0.25, -0.2) is 0 Å². The minimum absolute atomic E-state index is 0. The fourth-order valence-electron chi connectivity index (χ4n) is 2.08. The van der Waals surface area contributed by atoms with Crippen LogP contribution in [0.15, 0.2) is 0 Å². The van der Waals surface area contributed by atoms with Crippen molar-refractivity contribution in [3.05, 3.63) is 6.42 Å². The minimum atomic E-state index is -0.0601. The van der Waals surface area contributed by atoms with Crippen molar-refractivity contribution in [1.29, 1.82) is 0 Å². The molecule has 2 unspecified atom stereocenters. The summed E-state index contributed by atoms with van der Waals surface area (Å²) in [4.78, 5) is 0. The van der Waals surface area contributed by atoms with Gasteiger partial charge < -0.3 is 9.47 Å². The Labute approximate surface area is 185 Å². The Morgan fingerprint density at radius 2 is 1.76 bits per heavy atom. The van der Waals surface area contributed by atoms with Gasteiger partial charge in [-0.1, -0.05) is 33.3 Å². The summed E-state index contributed by atoms with van der Waals surface area (Å²) < 4.78 is 11.3. The van der Waals surface area contributed by atoms with Gasteiger partial charge in [0.1, 0.15) is 0 Å². The van der Waals surface area contributed by atoms with Crippen molar-refractivity contribution in [2.24, 2.45) is 5.92 Å². The van der Waals surface area contributed by atoms with Crippen molar-refractivity contribution < 1.29 is 117 Å². The second-order valence-electron chi connectivity index (χ2n) is 3.90. The quantitative estimate of drug-likeness (QED) is 0.415. The van der Waals surface area contributed by atoms with Crippen molar-refractivity contribution >= 4 is 0 Å². The zero-order valence-corrected chi connectivity index (χ0v) is 22.7. The maximum Gasteiger partial charge on any atom is 0.0728 e. The number of hydrogen-bond acceptors (Lipinski definition) is 2. The Morgan fingerprint density at radius 3 is 2.06 bits per heavy atom. The van der Waals surface area contributed by atoms with Crippen molar-refractivity contribution in [1.82, 2.24) is 0 Å². The third-order valence-electron chi connectivity index (χ3n) is 3.11. The second-order valence-corrected chi connectivity index (χ2v) is 3.90. The molecule has 0 aromatic rings. The van der Waals surface area contributed by atoms with Gasteiger partial charge >= 0.3 is 0 Å². The maximum absolute atomic E-state index is 6.02. The van der Waals surface area contributed by atoms with Crippen LogP contribution in [0.1, 0.15) is 33.6 Å². The molecule has 0 bridgehead atoms. The zero-order valence-electron chi connectivity index (χ0n) is 11.1. The number of hydrogen-bond donors (Lipinski definition) is 0. The van der Waals surface area contributed by atoms with Gasteiger partial charge in [0.25, 0.3) is 0 Å². The molecule has 1 heterocycles. The van der Waals surface area contributed by atoms with Gasteiger partial charge in [0, 0.05) is 115 Å². The summed E-state index contributed by atoms with van der Waals surface area (Å²) in [6.45, 7) is 7.25. The third-order valence-corrected chi connectivity index (χ3v) is 3.11. The summed E-state index contributed by atoms with van der Waals surface area (Å²) in [6, 6.07) is 0. The standard InChI is InChI=1S/C11H21O2.2W.2Y/c1-5-10-7-9(3)11(6-2,13-10)8-12-4;;;;/h7,9-10H,5-6,8H2,1-4H3;;;;/q-1;;;;/t9?,10?,11-;;;;/m1..../s1. The Kier molecular flexibility index (Phi) is 24.3. The number of rotatable bonds is 4. The van der Waals surface area contributed by atoms with E-state index in [1.54, 1.807) is 7.11 Å². The predicted molar refractivity (Wildman–Crippen MR) is 53.5 cm³/mol. The van der Waals surface area contributed by atoms with Crippen LogP contribution in [0.25, 0.3) is 0 Å². The second kappa shape index (κ2) is 14.4. The molecule has 0 saturated carbocycles. The molecule has 2 nitrogen and oxygen atoms in total. The molecule has 6 heteroatoms. The first-order chi connectivity index (χ1) is 6.18. The van der Waals surface area contributed by atoms with E-state index in [-0.39, 0.29) is 113 Å². The van der Waals surface area contributed by atoms with E-state index in [0.29, 0.717) is 18.6 Å². The molecule has 1 aliphatic heterocycles. The molecule has 3 atom stereocenters. The van der Waals surface area contributed by atoms with Gasteiger partial charge in [0.2, 0.25) is 0 Å². The average molecular weight is 731 g/mol. The van der Waals surface area contributed by atoms with Gasteiger partial charge in [0.05, 0.1) is 12.2 Å². The summed E-state index contributed by atoms with van der Waals surface area (Å²) in [5, 5.41) is 0. The summed E-state index contributed by atoms with van der Waals surface area (Å²) >= 11 is 0. The first-order valence-electron chi connectivity index (χ1n) is 5.20. The Morgan fingerprint density at radius 1 is 1.24 bits per heavy atom. The minimum Gasteiger partial charge on any atom is -0.404 e. The fraction of sp³-hybridized carbons (Fsp3) is 0.909. The van der Waals surface area contributed by atoms with E-state index in [2.05, 4.69) is 27.2 Å². The molecule has 17 heavy (non-hydrogen) atoms. The largest absolute Gasteiger partial charge is 0.404 e. The van der Waals surface area contributed by atoms with Crippen molar-refractivity contribution in [3.63, 3.8) is 0 Å². The van der Waals surface area contributed by atoms with Crippen LogP contribution >= 0.6 is 0 Å². The van der Waals surface area contributed by atoms with Crippen LogP contribution in [-0.2, 0) is 117 Å². The van der Waals surface area contributed by atoms with E-state index in [1.807, 2.05) is 0 Å². The Hall–Kier alpha value is 3.50. The van der Waals surface area contributed by atoms with Gasteiger partial charge in [-0.2, -0.15) is 0 Å². The average Bonchev–Trinajstić information content (AvgIpc) is 2.45. The van der Waals surface area contributed by atoms with Crippen LogP contribution in [0.4, 0.5) is 0 Å². The van der Waals surface area contributed by atoms with Crippen LogP contribution in [-0.4, -0.2) is 25.4 Å². The van der Waals surface area contributed by atoms with Crippen LogP contribution in [0.5, 0.6) is 0 Å². The first kappa shape index (κ1) is 28.6. The summed E-state index contributed by atoms with van der Waals surface area (Å²) in [5.41, 5.74) is -0.0601. The molecule has 0 aromatic carbocycles. The van der Waals surface area contributed by atoms with Crippen molar-refractivity contribution in [2.75, 3.05) is 13.7 Å². The smallest absolute Gasteiger partial charge is 0.0728 e. The predicted octanol–water partition coefficient (Wildman–Crippen LogP) is 2.42. The summed E-state index contributed by atoms with van der Waals surface area (Å²) in [5.74, 6) is 0.502. The van der Waals surface area contributed by atoms with Gasteiger partial charge in [0.15, 0.2) is 0 Å². The molecule has 0 N–H and O–H groups in total. The zero-order chi connectivity index (χ0) is 9.90. The normalized spacial score (nSPS) is 30.4. The number of methoxy groups -OCH3 is 1. The molecule has 1 saturated heterocycles. The first-order valence-corrected chi connectivity index (χ1v) is 5.20. The molecular formula is C11H21O2W2Y2-. The Bertz CT molecular complexity index is 176. The fourth-order valence-corrected chi connectivity index (χ4v) is 2.08. The topological polar surface area (TPSA) is 18.5 Å². The van der Waals surface area contributed by atoms with Crippen LogP contribution in [0, 0.1) is 12.3 Å². The molecule has 0 spiro atoms. The van der Waals surface area contributed by atoms with Gasteiger partial charge in [-0.05, 0) is 6.42 Å². The van der Waals surface area contributed by atoms with Crippen LogP contribution in [0.3, 0.4) is 0 Å². The monoisotopic (exact) mass is 731 g/mol. The van der Waals surface area contributed by atoms with Crippen LogP contribution in [0.2, 0.25) is 0 Å². The molecule has 0 amide bonds. The Balaban J connectivity index is -0.000000211. The van der Waals surface area contributed by atoms with E-state index >= 15 is 0 Å². The molecule has 2 radical (unpaired) electrons. The molecular weight excluding hydrogens is 710 g/mol. The third kappa shape index (κ3) is 7.90. The van der Waals surface area contributed by atoms with E-state index in [0.717, 1.165) is 12.8 Å². The number of ether oxygens (including phenoxy) is 2. The summed E-state index contributed by atoms with van der Waals surface area (Å²) in [6.07, 6.45) is 4.72. The maximum atomic E-state index is 6.02. The van der Waals surface area contributed by atoms with Crippen molar-refractivity contribution in [2.45, 2.75) is 45.3 Å². The molecule has 1 fully saturated rings. The molecule has 1 rings (SSSR count). The van der Waals surface area contributed by atoms with E-state index in [4.69, 9.17) is 9.47 Å². The van der Waals surface area contributed by atoms with Crippen LogP contribution < -0.4 is 0 Å². The van der Waals surface area contributed by atoms with E-state index in [9.17, 15) is 0 Å². The molecule has 0 aliphatic carbocycles. The van der Waals surface area contributed by atoms with E-state index < -0.39 is 0 Å². The molecule has 0 aromatic heterocycles. The molecule has 96 valence electrons. The SMILES string of the molecule is CCC1[CH-]C(C)[C@@](CC)(COC)O1.[W].[W].[Y].[Y]. The summed E-state index contributed by atoms with van der Waals surface area (Å²) in [7, 11) is 1.74. The van der Waals surface area contributed by atoms with Crippen molar-refractivity contribution in [3.8, 4) is 0 Å².